The van der Waals surface area contributed by atoms with Crippen LogP contribution in [0.1, 0.15) is 46.0 Å². The molecule has 1 N–H and O–H groups in total. The molecular weight excluding hydrogens is 170 g/mol. The highest BCUT2D eigenvalue weighted by atomic mass is 14.8. The Labute approximate surface area is 88.7 Å². The Morgan fingerprint density at radius 1 is 1.14 bits per heavy atom. The highest BCUT2D eigenvalue weighted by Gasteiger charge is 2.38. The van der Waals surface area contributed by atoms with E-state index in [9.17, 15) is 0 Å². The largest absolute Gasteiger partial charge is 0.317 e. The molecule has 2 aliphatic rings. The zero-order valence-electron chi connectivity index (χ0n) is 9.76. The van der Waals surface area contributed by atoms with E-state index >= 15 is 0 Å². The molecular formula is C13H25N. The molecule has 82 valence electrons. The molecule has 0 aromatic carbocycles. The van der Waals surface area contributed by atoms with Gasteiger partial charge in [0, 0.05) is 0 Å². The summed E-state index contributed by atoms with van der Waals surface area (Å²) in [5.74, 6) is 4.18. The van der Waals surface area contributed by atoms with E-state index in [0.29, 0.717) is 0 Å². The van der Waals surface area contributed by atoms with Gasteiger partial charge in [0.1, 0.15) is 0 Å². The zero-order valence-corrected chi connectivity index (χ0v) is 9.76. The van der Waals surface area contributed by atoms with Crippen LogP contribution in [0.5, 0.6) is 0 Å². The Morgan fingerprint density at radius 3 is 2.57 bits per heavy atom. The van der Waals surface area contributed by atoms with E-state index in [-0.39, 0.29) is 0 Å². The summed E-state index contributed by atoms with van der Waals surface area (Å²) in [4.78, 5) is 0. The predicted octanol–water partition coefficient (Wildman–Crippen LogP) is 3.06. The summed E-state index contributed by atoms with van der Waals surface area (Å²) in [5, 5.41) is 3.55. The molecule has 2 rings (SSSR count). The SMILES string of the molecule is CCNCC1CCC(C)CC1C1CC1. The summed E-state index contributed by atoms with van der Waals surface area (Å²) >= 11 is 0. The van der Waals surface area contributed by atoms with Crippen molar-refractivity contribution in [2.45, 2.75) is 46.0 Å². The fraction of sp³-hybridized carbons (Fsp3) is 1.00. The summed E-state index contributed by atoms with van der Waals surface area (Å²) in [6.07, 6.45) is 7.52. The van der Waals surface area contributed by atoms with E-state index in [1.54, 1.807) is 0 Å². The summed E-state index contributed by atoms with van der Waals surface area (Å²) in [5.41, 5.74) is 0. The Balaban J connectivity index is 1.85. The molecule has 2 saturated carbocycles. The Bertz CT molecular complexity index is 172. The lowest BCUT2D eigenvalue weighted by Gasteiger charge is -2.35. The van der Waals surface area contributed by atoms with Crippen LogP contribution in [0.2, 0.25) is 0 Å². The maximum absolute atomic E-state index is 3.55. The molecule has 0 aliphatic heterocycles. The summed E-state index contributed by atoms with van der Waals surface area (Å²) < 4.78 is 0. The van der Waals surface area contributed by atoms with E-state index in [1.807, 2.05) is 0 Å². The molecule has 3 unspecified atom stereocenters. The van der Waals surface area contributed by atoms with E-state index in [1.165, 1.54) is 38.6 Å². The van der Waals surface area contributed by atoms with Gasteiger partial charge in [0.05, 0.1) is 0 Å². The monoisotopic (exact) mass is 195 g/mol. The molecule has 2 aliphatic carbocycles. The van der Waals surface area contributed by atoms with Crippen LogP contribution in [-0.2, 0) is 0 Å². The minimum absolute atomic E-state index is 0.999. The fourth-order valence-electron chi connectivity index (χ4n) is 3.17. The second kappa shape index (κ2) is 4.65. The van der Waals surface area contributed by atoms with Crippen LogP contribution in [0.15, 0.2) is 0 Å². The van der Waals surface area contributed by atoms with Crippen molar-refractivity contribution in [1.29, 1.82) is 0 Å². The predicted molar refractivity (Wildman–Crippen MR) is 61.3 cm³/mol. The van der Waals surface area contributed by atoms with Crippen molar-refractivity contribution in [3.8, 4) is 0 Å². The smallest absolute Gasteiger partial charge is 0.00179 e. The Morgan fingerprint density at radius 2 is 1.93 bits per heavy atom. The molecule has 0 heterocycles. The molecule has 14 heavy (non-hydrogen) atoms. The molecule has 0 aromatic rings. The Kier molecular flexibility index (Phi) is 3.48. The quantitative estimate of drug-likeness (QED) is 0.727. The maximum Gasteiger partial charge on any atom is -0.00179 e. The van der Waals surface area contributed by atoms with Gasteiger partial charge in [-0.05, 0) is 62.4 Å². The van der Waals surface area contributed by atoms with Gasteiger partial charge in [-0.25, -0.2) is 0 Å². The number of hydrogen-bond donors (Lipinski definition) is 1. The third-order valence-corrected chi connectivity index (χ3v) is 4.19. The first kappa shape index (κ1) is 10.5. The molecule has 1 heteroatoms. The lowest BCUT2D eigenvalue weighted by Crippen LogP contribution is -2.33. The Hall–Kier alpha value is -0.0400. The fourth-order valence-corrected chi connectivity index (χ4v) is 3.17. The van der Waals surface area contributed by atoms with E-state index in [2.05, 4.69) is 19.2 Å². The number of nitrogens with one attached hydrogen (secondary N) is 1. The van der Waals surface area contributed by atoms with Crippen molar-refractivity contribution in [1.82, 2.24) is 5.32 Å². The minimum Gasteiger partial charge on any atom is -0.317 e. The van der Waals surface area contributed by atoms with Gasteiger partial charge in [-0.2, -0.15) is 0 Å². The maximum atomic E-state index is 3.55. The van der Waals surface area contributed by atoms with Gasteiger partial charge in [-0.3, -0.25) is 0 Å². The first-order valence-electron chi connectivity index (χ1n) is 6.52. The average Bonchev–Trinajstić information content (AvgIpc) is 2.99. The normalized spacial score (nSPS) is 38.6. The lowest BCUT2D eigenvalue weighted by atomic mass is 9.72. The van der Waals surface area contributed by atoms with Crippen LogP contribution in [0.4, 0.5) is 0 Å². The summed E-state index contributed by atoms with van der Waals surface area (Å²) in [7, 11) is 0. The highest BCUT2D eigenvalue weighted by Crippen LogP contribution is 2.47. The first-order valence-corrected chi connectivity index (χ1v) is 6.52. The van der Waals surface area contributed by atoms with E-state index in [4.69, 9.17) is 0 Å². The first-order chi connectivity index (χ1) is 6.81. The van der Waals surface area contributed by atoms with Gasteiger partial charge in [0.2, 0.25) is 0 Å². The second-order valence-electron chi connectivity index (χ2n) is 5.49. The van der Waals surface area contributed by atoms with Crippen molar-refractivity contribution < 1.29 is 0 Å². The van der Waals surface area contributed by atoms with Crippen LogP contribution in [-0.4, -0.2) is 13.1 Å². The van der Waals surface area contributed by atoms with E-state index in [0.717, 1.165) is 30.2 Å². The van der Waals surface area contributed by atoms with Gasteiger partial charge in [-0.1, -0.05) is 20.3 Å². The van der Waals surface area contributed by atoms with Crippen molar-refractivity contribution in [3.05, 3.63) is 0 Å². The van der Waals surface area contributed by atoms with Crippen LogP contribution in [0.3, 0.4) is 0 Å². The van der Waals surface area contributed by atoms with Gasteiger partial charge in [0.15, 0.2) is 0 Å². The van der Waals surface area contributed by atoms with Crippen molar-refractivity contribution in [2.24, 2.45) is 23.7 Å². The van der Waals surface area contributed by atoms with E-state index < -0.39 is 0 Å². The number of hydrogen-bond acceptors (Lipinski definition) is 1. The molecule has 1 nitrogen and oxygen atoms in total. The standard InChI is InChI=1S/C13H25N/c1-3-14-9-12-5-4-10(2)8-13(12)11-6-7-11/h10-14H,3-9H2,1-2H3. The molecule has 0 saturated heterocycles. The highest BCUT2D eigenvalue weighted by molar-refractivity contribution is 4.90. The zero-order chi connectivity index (χ0) is 9.97. The van der Waals surface area contributed by atoms with Crippen LogP contribution in [0, 0.1) is 23.7 Å². The molecule has 0 radical (unpaired) electrons. The molecule has 2 fully saturated rings. The molecule has 0 spiro atoms. The topological polar surface area (TPSA) is 12.0 Å². The summed E-state index contributed by atoms with van der Waals surface area (Å²) in [6, 6.07) is 0. The van der Waals surface area contributed by atoms with Gasteiger partial charge < -0.3 is 5.32 Å². The van der Waals surface area contributed by atoms with Crippen LogP contribution >= 0.6 is 0 Å². The van der Waals surface area contributed by atoms with Gasteiger partial charge >= 0.3 is 0 Å². The molecule has 3 atom stereocenters. The summed E-state index contributed by atoms with van der Waals surface area (Å²) in [6.45, 7) is 7.09. The third-order valence-electron chi connectivity index (χ3n) is 4.19. The van der Waals surface area contributed by atoms with Crippen molar-refractivity contribution in [2.75, 3.05) is 13.1 Å². The van der Waals surface area contributed by atoms with Gasteiger partial charge in [-0.15, -0.1) is 0 Å². The lowest BCUT2D eigenvalue weighted by molar-refractivity contribution is 0.164. The number of rotatable bonds is 4. The third kappa shape index (κ3) is 2.50. The molecule has 0 amide bonds. The minimum atomic E-state index is 0.999. The average molecular weight is 195 g/mol. The van der Waals surface area contributed by atoms with Crippen LogP contribution in [0.25, 0.3) is 0 Å². The second-order valence-corrected chi connectivity index (χ2v) is 5.49. The van der Waals surface area contributed by atoms with Gasteiger partial charge in [0.25, 0.3) is 0 Å². The van der Waals surface area contributed by atoms with Crippen LogP contribution < -0.4 is 5.32 Å². The van der Waals surface area contributed by atoms with Crippen molar-refractivity contribution >= 4 is 0 Å². The van der Waals surface area contributed by atoms with Crippen molar-refractivity contribution in [3.63, 3.8) is 0 Å². The molecule has 0 aromatic heterocycles. The molecule has 0 bridgehead atoms.